The van der Waals surface area contributed by atoms with Gasteiger partial charge in [0, 0.05) is 12.7 Å². The first-order valence-corrected chi connectivity index (χ1v) is 6.85. The molecule has 23 heavy (non-hydrogen) atoms. The van der Waals surface area contributed by atoms with Crippen molar-refractivity contribution >= 4 is 17.4 Å². The molecule has 2 N–H and O–H groups in total. The maximum atomic E-state index is 13.1. The molecular formula is C13H13F3N6O. The summed E-state index contributed by atoms with van der Waals surface area (Å²) in [4.78, 5) is 11.6. The van der Waals surface area contributed by atoms with Crippen LogP contribution in [0.2, 0.25) is 0 Å². The standard InChI is InChI=1S/C13H13F3N6O/c1-7-4-9(13(14,15)16)11(21-20-7)19-8-5-18-22(6-8)10-2-3-17-12(10)23/h4-6,10H,2-3H2,1H3,(H,17,23)(H,19,21). The van der Waals surface area contributed by atoms with E-state index in [1.54, 1.807) is 0 Å². The van der Waals surface area contributed by atoms with Gasteiger partial charge in [-0.25, -0.2) is 0 Å². The second-order valence-electron chi connectivity index (χ2n) is 5.18. The van der Waals surface area contributed by atoms with E-state index in [4.69, 9.17) is 0 Å². The van der Waals surface area contributed by atoms with Crippen LogP contribution in [0.4, 0.5) is 24.7 Å². The number of nitrogens with zero attached hydrogens (tertiary/aromatic N) is 4. The molecule has 0 aliphatic carbocycles. The van der Waals surface area contributed by atoms with E-state index in [2.05, 4.69) is 25.9 Å². The maximum Gasteiger partial charge on any atom is 0.420 e. The molecule has 3 heterocycles. The summed E-state index contributed by atoms with van der Waals surface area (Å²) >= 11 is 0. The van der Waals surface area contributed by atoms with Crippen LogP contribution in [0.15, 0.2) is 18.5 Å². The number of rotatable bonds is 3. The van der Waals surface area contributed by atoms with Gasteiger partial charge in [0.1, 0.15) is 11.6 Å². The molecule has 2 aromatic heterocycles. The monoisotopic (exact) mass is 326 g/mol. The number of alkyl halides is 3. The minimum absolute atomic E-state index is 0.161. The lowest BCUT2D eigenvalue weighted by molar-refractivity contribution is -0.137. The molecule has 122 valence electrons. The summed E-state index contributed by atoms with van der Waals surface area (Å²) in [6, 6.07) is 0.473. The van der Waals surface area contributed by atoms with Crippen LogP contribution in [0.3, 0.4) is 0 Å². The molecule has 0 spiro atoms. The van der Waals surface area contributed by atoms with E-state index < -0.39 is 23.6 Å². The van der Waals surface area contributed by atoms with Crippen molar-refractivity contribution in [3.05, 3.63) is 29.7 Å². The average molecular weight is 326 g/mol. The van der Waals surface area contributed by atoms with Gasteiger partial charge in [0.25, 0.3) is 0 Å². The van der Waals surface area contributed by atoms with Gasteiger partial charge in [0.05, 0.1) is 17.6 Å². The van der Waals surface area contributed by atoms with Crippen molar-refractivity contribution in [2.45, 2.75) is 25.6 Å². The molecule has 0 aromatic carbocycles. The van der Waals surface area contributed by atoms with Crippen molar-refractivity contribution in [1.29, 1.82) is 0 Å². The zero-order valence-corrected chi connectivity index (χ0v) is 12.1. The number of halogens is 3. The third-order valence-electron chi connectivity index (χ3n) is 3.42. The van der Waals surface area contributed by atoms with Gasteiger partial charge in [-0.05, 0) is 19.4 Å². The lowest BCUT2D eigenvalue weighted by atomic mass is 10.2. The van der Waals surface area contributed by atoms with Crippen LogP contribution in [0.5, 0.6) is 0 Å². The van der Waals surface area contributed by atoms with Crippen molar-refractivity contribution in [3.63, 3.8) is 0 Å². The van der Waals surface area contributed by atoms with E-state index in [0.29, 0.717) is 18.7 Å². The van der Waals surface area contributed by atoms with Gasteiger partial charge in [0.15, 0.2) is 5.82 Å². The van der Waals surface area contributed by atoms with E-state index in [1.807, 2.05) is 0 Å². The van der Waals surface area contributed by atoms with Crippen molar-refractivity contribution in [3.8, 4) is 0 Å². The highest BCUT2D eigenvalue weighted by atomic mass is 19.4. The molecule has 1 aliphatic rings. The summed E-state index contributed by atoms with van der Waals surface area (Å²) < 4.78 is 40.6. The van der Waals surface area contributed by atoms with Crippen LogP contribution in [-0.4, -0.2) is 32.4 Å². The third-order valence-corrected chi connectivity index (χ3v) is 3.42. The SMILES string of the molecule is Cc1cc(C(F)(F)F)c(Nc2cnn(C3CCNC3=O)c2)nn1. The fraction of sp³-hybridized carbons (Fsp3) is 0.385. The molecule has 0 saturated carbocycles. The Labute approximate surface area is 128 Å². The van der Waals surface area contributed by atoms with E-state index >= 15 is 0 Å². The normalized spacial score (nSPS) is 18.1. The molecule has 0 radical (unpaired) electrons. The first kappa shape index (κ1) is 15.3. The van der Waals surface area contributed by atoms with Crippen LogP contribution in [0, 0.1) is 6.92 Å². The number of hydrogen-bond donors (Lipinski definition) is 2. The summed E-state index contributed by atoms with van der Waals surface area (Å²) in [5, 5.41) is 16.5. The van der Waals surface area contributed by atoms with Gasteiger partial charge < -0.3 is 10.6 Å². The van der Waals surface area contributed by atoms with Gasteiger partial charge >= 0.3 is 6.18 Å². The van der Waals surface area contributed by atoms with Crippen molar-refractivity contribution in [2.75, 3.05) is 11.9 Å². The molecule has 10 heteroatoms. The van der Waals surface area contributed by atoms with Crippen LogP contribution < -0.4 is 10.6 Å². The second kappa shape index (κ2) is 5.52. The molecule has 1 saturated heterocycles. The largest absolute Gasteiger partial charge is 0.420 e. The number of anilines is 2. The first-order valence-electron chi connectivity index (χ1n) is 6.85. The number of aromatic nitrogens is 4. The predicted molar refractivity (Wildman–Crippen MR) is 73.9 cm³/mol. The van der Waals surface area contributed by atoms with Crippen LogP contribution in [0.1, 0.15) is 23.7 Å². The Balaban J connectivity index is 1.86. The molecule has 1 amide bonds. The average Bonchev–Trinajstić information content (AvgIpc) is 3.08. The Morgan fingerprint density at radius 2 is 2.17 bits per heavy atom. The Hall–Kier alpha value is -2.65. The summed E-state index contributed by atoms with van der Waals surface area (Å²) in [5.41, 5.74) is -0.439. The lowest BCUT2D eigenvalue weighted by Gasteiger charge is -2.12. The van der Waals surface area contributed by atoms with E-state index in [-0.39, 0.29) is 11.6 Å². The molecule has 1 aliphatic heterocycles. The van der Waals surface area contributed by atoms with Gasteiger partial charge in [-0.1, -0.05) is 0 Å². The number of carbonyl (C=O) groups is 1. The van der Waals surface area contributed by atoms with E-state index in [9.17, 15) is 18.0 Å². The minimum atomic E-state index is -4.55. The molecular weight excluding hydrogens is 313 g/mol. The van der Waals surface area contributed by atoms with Gasteiger partial charge in [0.2, 0.25) is 5.91 Å². The first-order chi connectivity index (χ1) is 10.8. The molecule has 1 fully saturated rings. The summed E-state index contributed by atoms with van der Waals surface area (Å²) in [5.74, 6) is -0.565. The highest BCUT2D eigenvalue weighted by molar-refractivity contribution is 5.82. The van der Waals surface area contributed by atoms with Crippen molar-refractivity contribution < 1.29 is 18.0 Å². The highest BCUT2D eigenvalue weighted by Crippen LogP contribution is 2.35. The molecule has 7 nitrogen and oxygen atoms in total. The molecule has 1 atom stereocenters. The quantitative estimate of drug-likeness (QED) is 0.898. The van der Waals surface area contributed by atoms with Crippen LogP contribution >= 0.6 is 0 Å². The Morgan fingerprint density at radius 1 is 1.39 bits per heavy atom. The lowest BCUT2D eigenvalue weighted by Crippen LogP contribution is -2.22. The van der Waals surface area contributed by atoms with Crippen molar-refractivity contribution in [1.82, 2.24) is 25.3 Å². The fourth-order valence-corrected chi connectivity index (χ4v) is 2.34. The van der Waals surface area contributed by atoms with Gasteiger partial charge in [-0.2, -0.15) is 23.4 Å². The Morgan fingerprint density at radius 3 is 2.83 bits per heavy atom. The fourth-order valence-electron chi connectivity index (χ4n) is 2.34. The molecule has 2 aromatic rings. The number of aryl methyl sites for hydroxylation is 1. The van der Waals surface area contributed by atoms with Gasteiger partial charge in [-0.3, -0.25) is 9.48 Å². The number of hydrogen-bond acceptors (Lipinski definition) is 5. The zero-order valence-electron chi connectivity index (χ0n) is 12.1. The Bertz CT molecular complexity index is 742. The molecule has 0 bridgehead atoms. The Kier molecular flexibility index (Phi) is 3.66. The molecule has 3 rings (SSSR count). The summed E-state index contributed by atoms with van der Waals surface area (Å²) in [7, 11) is 0. The smallest absolute Gasteiger partial charge is 0.354 e. The van der Waals surface area contributed by atoms with Crippen molar-refractivity contribution in [2.24, 2.45) is 0 Å². The third kappa shape index (κ3) is 3.10. The van der Waals surface area contributed by atoms with Gasteiger partial charge in [-0.15, -0.1) is 5.10 Å². The predicted octanol–water partition coefficient (Wildman–Crippen LogP) is 1.80. The number of amides is 1. The second-order valence-corrected chi connectivity index (χ2v) is 5.18. The minimum Gasteiger partial charge on any atom is -0.354 e. The highest BCUT2D eigenvalue weighted by Gasteiger charge is 2.35. The van der Waals surface area contributed by atoms with Crippen LogP contribution in [-0.2, 0) is 11.0 Å². The summed E-state index contributed by atoms with van der Waals surface area (Å²) in [6.45, 7) is 1.98. The maximum absolute atomic E-state index is 13.1. The number of carbonyl (C=O) groups excluding carboxylic acids is 1. The molecule has 1 unspecified atom stereocenters. The summed E-state index contributed by atoms with van der Waals surface area (Å²) in [6.07, 6.45) is -1.16. The number of nitrogens with one attached hydrogen (secondary N) is 2. The van der Waals surface area contributed by atoms with E-state index in [0.717, 1.165) is 6.07 Å². The topological polar surface area (TPSA) is 84.7 Å². The zero-order chi connectivity index (χ0) is 16.6. The van der Waals surface area contributed by atoms with E-state index in [1.165, 1.54) is 24.0 Å². The van der Waals surface area contributed by atoms with Crippen LogP contribution in [0.25, 0.3) is 0 Å².